The number of aromatic nitrogens is 2. The van der Waals surface area contributed by atoms with Gasteiger partial charge in [0.05, 0.1) is 12.0 Å². The van der Waals surface area contributed by atoms with Gasteiger partial charge < -0.3 is 10.1 Å². The van der Waals surface area contributed by atoms with Gasteiger partial charge in [-0.2, -0.15) is 5.10 Å². The number of rotatable bonds is 4. The quantitative estimate of drug-likeness (QED) is 0.864. The number of carbonyl (C=O) groups excluding carboxylic acids is 1. The molecule has 1 aliphatic rings. The maximum atomic E-state index is 12.0. The number of ether oxygens (including phenoxy) is 1. The van der Waals surface area contributed by atoms with Crippen LogP contribution >= 0.6 is 0 Å². The van der Waals surface area contributed by atoms with E-state index in [1.807, 2.05) is 24.7 Å². The summed E-state index contributed by atoms with van der Waals surface area (Å²) in [5.41, 5.74) is 1.13. The van der Waals surface area contributed by atoms with E-state index in [9.17, 15) is 4.79 Å². The van der Waals surface area contributed by atoms with Crippen LogP contribution in [0.15, 0.2) is 12.3 Å². The zero-order valence-electron chi connectivity index (χ0n) is 11.1. The van der Waals surface area contributed by atoms with Crippen LogP contribution in [0.1, 0.15) is 25.5 Å². The molecule has 1 amide bonds. The van der Waals surface area contributed by atoms with E-state index >= 15 is 0 Å². The number of hydrogen-bond donors (Lipinski definition) is 1. The summed E-state index contributed by atoms with van der Waals surface area (Å²) >= 11 is 0. The highest BCUT2D eigenvalue weighted by atomic mass is 16.5. The van der Waals surface area contributed by atoms with Crippen LogP contribution in [-0.4, -0.2) is 34.9 Å². The molecule has 2 atom stereocenters. The molecule has 2 heterocycles. The first-order valence-electron chi connectivity index (χ1n) is 6.54. The predicted octanol–water partition coefficient (Wildman–Crippen LogP) is 0.894. The Morgan fingerprint density at radius 3 is 3.17 bits per heavy atom. The summed E-state index contributed by atoms with van der Waals surface area (Å²) in [5.74, 6) is 0.120. The summed E-state index contributed by atoms with van der Waals surface area (Å²) in [6.07, 6.45) is 4.52. The molecule has 100 valence electrons. The third-order valence-electron chi connectivity index (χ3n) is 3.55. The molecular weight excluding hydrogens is 230 g/mol. The Balaban J connectivity index is 1.76. The molecule has 1 aromatic rings. The number of nitrogens with zero attached hydrogens (tertiary/aromatic N) is 2. The average molecular weight is 251 g/mol. The summed E-state index contributed by atoms with van der Waals surface area (Å²) in [6.45, 7) is 3.41. The second-order valence-corrected chi connectivity index (χ2v) is 4.81. The molecule has 1 aromatic heterocycles. The van der Waals surface area contributed by atoms with Gasteiger partial charge in [0.2, 0.25) is 5.91 Å². The fourth-order valence-electron chi connectivity index (χ4n) is 2.36. The molecule has 0 aliphatic carbocycles. The lowest BCUT2D eigenvalue weighted by Gasteiger charge is -2.28. The van der Waals surface area contributed by atoms with Crippen LogP contribution in [0.3, 0.4) is 0 Å². The number of nitrogens with one attached hydrogen (secondary N) is 1. The fourth-order valence-corrected chi connectivity index (χ4v) is 2.36. The van der Waals surface area contributed by atoms with Crippen LogP contribution in [-0.2, 0) is 23.0 Å². The highest BCUT2D eigenvalue weighted by molar-refractivity contribution is 5.79. The van der Waals surface area contributed by atoms with Crippen molar-refractivity contribution in [1.29, 1.82) is 0 Å². The van der Waals surface area contributed by atoms with Crippen molar-refractivity contribution in [2.45, 2.75) is 32.3 Å². The zero-order valence-corrected chi connectivity index (χ0v) is 11.1. The maximum absolute atomic E-state index is 12.0. The van der Waals surface area contributed by atoms with Crippen molar-refractivity contribution in [1.82, 2.24) is 15.1 Å². The van der Waals surface area contributed by atoms with E-state index in [2.05, 4.69) is 10.4 Å². The van der Waals surface area contributed by atoms with Crippen LogP contribution in [0.25, 0.3) is 0 Å². The van der Waals surface area contributed by atoms with E-state index in [0.29, 0.717) is 6.54 Å². The van der Waals surface area contributed by atoms with Crippen molar-refractivity contribution in [2.24, 2.45) is 13.0 Å². The SMILES string of the molecule is CC1OCCCC1C(=O)NCCc1ccnn1C. The van der Waals surface area contributed by atoms with Gasteiger partial charge in [-0.3, -0.25) is 9.48 Å². The van der Waals surface area contributed by atoms with Gasteiger partial charge in [0.15, 0.2) is 0 Å². The van der Waals surface area contributed by atoms with Crippen molar-refractivity contribution in [3.05, 3.63) is 18.0 Å². The molecule has 1 saturated heterocycles. The number of aryl methyl sites for hydroxylation is 1. The normalized spacial score (nSPS) is 23.9. The van der Waals surface area contributed by atoms with Gasteiger partial charge in [-0.1, -0.05) is 0 Å². The molecule has 1 N–H and O–H groups in total. The first-order valence-corrected chi connectivity index (χ1v) is 6.54. The molecule has 0 radical (unpaired) electrons. The lowest BCUT2D eigenvalue weighted by Crippen LogP contribution is -2.40. The first-order chi connectivity index (χ1) is 8.68. The van der Waals surface area contributed by atoms with Gasteiger partial charge in [0.1, 0.15) is 0 Å². The number of hydrogen-bond acceptors (Lipinski definition) is 3. The van der Waals surface area contributed by atoms with Gasteiger partial charge >= 0.3 is 0 Å². The van der Waals surface area contributed by atoms with Gasteiger partial charge in [-0.15, -0.1) is 0 Å². The third kappa shape index (κ3) is 3.10. The summed E-state index contributed by atoms with van der Waals surface area (Å²) in [6, 6.07) is 1.97. The minimum atomic E-state index is 0.00490. The Morgan fingerprint density at radius 2 is 2.50 bits per heavy atom. The Morgan fingerprint density at radius 1 is 1.67 bits per heavy atom. The highest BCUT2D eigenvalue weighted by Crippen LogP contribution is 2.20. The summed E-state index contributed by atoms with van der Waals surface area (Å²) in [7, 11) is 1.91. The van der Waals surface area contributed by atoms with Crippen molar-refractivity contribution >= 4 is 5.91 Å². The Labute approximate surface area is 108 Å². The van der Waals surface area contributed by atoms with Gasteiger partial charge in [-0.25, -0.2) is 0 Å². The Hall–Kier alpha value is -1.36. The zero-order chi connectivity index (χ0) is 13.0. The van der Waals surface area contributed by atoms with E-state index < -0.39 is 0 Å². The van der Waals surface area contributed by atoms with E-state index in [4.69, 9.17) is 4.74 Å². The average Bonchev–Trinajstić information content (AvgIpc) is 2.75. The largest absolute Gasteiger partial charge is 0.378 e. The summed E-state index contributed by atoms with van der Waals surface area (Å²) in [4.78, 5) is 12.0. The molecule has 5 heteroatoms. The topological polar surface area (TPSA) is 56.1 Å². The van der Waals surface area contributed by atoms with Crippen LogP contribution in [0.5, 0.6) is 0 Å². The summed E-state index contributed by atoms with van der Waals surface area (Å²) < 4.78 is 7.34. The van der Waals surface area contributed by atoms with Crippen LogP contribution in [0.4, 0.5) is 0 Å². The smallest absolute Gasteiger partial charge is 0.225 e. The second kappa shape index (κ2) is 6.00. The molecular formula is C13H21N3O2. The monoisotopic (exact) mass is 251 g/mol. The van der Waals surface area contributed by atoms with E-state index in [1.165, 1.54) is 0 Å². The molecule has 1 aliphatic heterocycles. The van der Waals surface area contributed by atoms with Crippen molar-refractivity contribution in [3.63, 3.8) is 0 Å². The van der Waals surface area contributed by atoms with Crippen molar-refractivity contribution in [3.8, 4) is 0 Å². The maximum Gasteiger partial charge on any atom is 0.225 e. The molecule has 0 aromatic carbocycles. The molecule has 0 spiro atoms. The van der Waals surface area contributed by atoms with Gasteiger partial charge in [-0.05, 0) is 25.8 Å². The van der Waals surface area contributed by atoms with Gasteiger partial charge in [0, 0.05) is 38.5 Å². The number of carbonyl (C=O) groups is 1. The molecule has 0 saturated carbocycles. The summed E-state index contributed by atoms with van der Waals surface area (Å²) in [5, 5.41) is 7.09. The number of amides is 1. The lowest BCUT2D eigenvalue weighted by atomic mass is 9.94. The standard InChI is InChI=1S/C13H21N3O2/c1-10-12(4-3-9-18-10)13(17)14-7-5-11-6-8-15-16(11)2/h6,8,10,12H,3-5,7,9H2,1-2H3,(H,14,17). The van der Waals surface area contributed by atoms with Crippen LogP contribution in [0, 0.1) is 5.92 Å². The molecule has 2 unspecified atom stereocenters. The minimum Gasteiger partial charge on any atom is -0.378 e. The van der Waals surface area contributed by atoms with Crippen LogP contribution in [0.2, 0.25) is 0 Å². The molecule has 2 rings (SSSR count). The molecule has 1 fully saturated rings. The third-order valence-corrected chi connectivity index (χ3v) is 3.55. The van der Waals surface area contributed by atoms with E-state index in [1.54, 1.807) is 6.20 Å². The van der Waals surface area contributed by atoms with Crippen molar-refractivity contribution < 1.29 is 9.53 Å². The second-order valence-electron chi connectivity index (χ2n) is 4.81. The van der Waals surface area contributed by atoms with Gasteiger partial charge in [0.25, 0.3) is 0 Å². The van der Waals surface area contributed by atoms with Crippen LogP contribution < -0.4 is 5.32 Å². The predicted molar refractivity (Wildman–Crippen MR) is 68.1 cm³/mol. The molecule has 18 heavy (non-hydrogen) atoms. The highest BCUT2D eigenvalue weighted by Gasteiger charge is 2.28. The van der Waals surface area contributed by atoms with E-state index in [0.717, 1.165) is 31.6 Å². The fraction of sp³-hybridized carbons (Fsp3) is 0.692. The minimum absolute atomic E-state index is 0.00490. The molecule has 0 bridgehead atoms. The molecule has 5 nitrogen and oxygen atoms in total. The van der Waals surface area contributed by atoms with E-state index in [-0.39, 0.29) is 17.9 Å². The first kappa shape index (κ1) is 13.1. The Bertz CT molecular complexity index is 403. The lowest BCUT2D eigenvalue weighted by molar-refractivity contribution is -0.133. The van der Waals surface area contributed by atoms with Crippen molar-refractivity contribution in [2.75, 3.05) is 13.2 Å². The Kier molecular flexibility index (Phi) is 4.36.